The second-order valence-corrected chi connectivity index (χ2v) is 7.88. The summed E-state index contributed by atoms with van der Waals surface area (Å²) in [6.07, 6.45) is 3.77. The lowest BCUT2D eigenvalue weighted by molar-refractivity contribution is 0.438. The molecule has 1 fully saturated rings. The van der Waals surface area contributed by atoms with Crippen LogP contribution in [-0.4, -0.2) is 24.1 Å². The number of rotatable bonds is 6. The minimum atomic E-state index is 0.524. The van der Waals surface area contributed by atoms with Crippen LogP contribution < -0.4 is 10.2 Å². The molecule has 0 bridgehead atoms. The highest BCUT2D eigenvalue weighted by molar-refractivity contribution is 7.15. The van der Waals surface area contributed by atoms with Crippen molar-refractivity contribution in [1.29, 1.82) is 0 Å². The molecule has 0 radical (unpaired) electrons. The molecule has 1 aromatic heterocycles. The summed E-state index contributed by atoms with van der Waals surface area (Å²) in [5.41, 5.74) is 1.32. The first-order valence-corrected chi connectivity index (χ1v) is 9.30. The number of aromatic nitrogens is 1. The Bertz CT molecular complexity index is 433. The Morgan fingerprint density at radius 3 is 2.52 bits per heavy atom. The van der Waals surface area contributed by atoms with Gasteiger partial charge in [0.2, 0.25) is 0 Å². The van der Waals surface area contributed by atoms with Crippen LogP contribution in [0.1, 0.15) is 70.4 Å². The van der Waals surface area contributed by atoms with Crippen LogP contribution in [0.3, 0.4) is 0 Å². The molecule has 1 N–H and O–H groups in total. The summed E-state index contributed by atoms with van der Waals surface area (Å²) in [6.45, 7) is 14.6. The quantitative estimate of drug-likeness (QED) is 0.844. The second-order valence-electron chi connectivity index (χ2n) is 6.82. The standard InChI is InChI=1S/C17H31N3S/c1-6-14(5)16-15(11-18-12(2)3)21-17(19-16)20-9-7-13(4)8-10-20/h12-14,18H,6-11H2,1-5H3. The van der Waals surface area contributed by atoms with Crippen LogP contribution in [0.15, 0.2) is 0 Å². The van der Waals surface area contributed by atoms with Crippen molar-refractivity contribution in [3.05, 3.63) is 10.6 Å². The van der Waals surface area contributed by atoms with Crippen LogP contribution in [0, 0.1) is 5.92 Å². The van der Waals surface area contributed by atoms with Gasteiger partial charge in [-0.3, -0.25) is 0 Å². The van der Waals surface area contributed by atoms with Gasteiger partial charge in [-0.05, 0) is 31.1 Å². The molecule has 1 unspecified atom stereocenters. The van der Waals surface area contributed by atoms with Gasteiger partial charge in [0.1, 0.15) is 0 Å². The average molecular weight is 310 g/mol. The fourth-order valence-electron chi connectivity index (χ4n) is 2.69. The number of nitrogens with one attached hydrogen (secondary N) is 1. The summed E-state index contributed by atoms with van der Waals surface area (Å²) in [5, 5.41) is 4.80. The predicted octanol–water partition coefficient (Wildman–Crippen LogP) is 4.39. The van der Waals surface area contributed by atoms with Crippen molar-refractivity contribution in [1.82, 2.24) is 10.3 Å². The molecule has 1 saturated heterocycles. The predicted molar refractivity (Wildman–Crippen MR) is 93.4 cm³/mol. The number of nitrogens with zero attached hydrogens (tertiary/aromatic N) is 2. The molecule has 0 spiro atoms. The first-order chi connectivity index (χ1) is 10.0. The molecule has 0 saturated carbocycles. The van der Waals surface area contributed by atoms with Crippen LogP contribution in [0.25, 0.3) is 0 Å². The Kier molecular flexibility index (Phi) is 6.06. The van der Waals surface area contributed by atoms with E-state index in [1.54, 1.807) is 0 Å². The zero-order valence-corrected chi connectivity index (χ0v) is 15.1. The van der Waals surface area contributed by atoms with Gasteiger partial charge in [-0.15, -0.1) is 11.3 Å². The number of hydrogen-bond acceptors (Lipinski definition) is 4. The summed E-state index contributed by atoms with van der Waals surface area (Å²) in [7, 11) is 0. The van der Waals surface area contributed by atoms with Crippen molar-refractivity contribution in [2.24, 2.45) is 5.92 Å². The number of anilines is 1. The van der Waals surface area contributed by atoms with E-state index in [4.69, 9.17) is 4.98 Å². The van der Waals surface area contributed by atoms with E-state index in [1.807, 2.05) is 11.3 Å². The van der Waals surface area contributed by atoms with Gasteiger partial charge < -0.3 is 10.2 Å². The fourth-order valence-corrected chi connectivity index (χ4v) is 3.87. The van der Waals surface area contributed by atoms with E-state index in [9.17, 15) is 0 Å². The van der Waals surface area contributed by atoms with Crippen LogP contribution in [-0.2, 0) is 6.54 Å². The molecular weight excluding hydrogens is 278 g/mol. The summed E-state index contributed by atoms with van der Waals surface area (Å²) in [6, 6.07) is 0.524. The molecule has 4 heteroatoms. The smallest absolute Gasteiger partial charge is 0.185 e. The van der Waals surface area contributed by atoms with Gasteiger partial charge in [0, 0.05) is 30.6 Å². The third-order valence-electron chi connectivity index (χ3n) is 4.52. The fraction of sp³-hybridized carbons (Fsp3) is 0.824. The Morgan fingerprint density at radius 1 is 1.29 bits per heavy atom. The van der Waals surface area contributed by atoms with Gasteiger partial charge >= 0.3 is 0 Å². The second kappa shape index (κ2) is 7.59. The van der Waals surface area contributed by atoms with Gasteiger partial charge in [0.05, 0.1) is 5.69 Å². The van der Waals surface area contributed by atoms with Crippen LogP contribution in [0.4, 0.5) is 5.13 Å². The van der Waals surface area contributed by atoms with E-state index < -0.39 is 0 Å². The van der Waals surface area contributed by atoms with Gasteiger partial charge in [-0.1, -0.05) is 34.6 Å². The highest BCUT2D eigenvalue weighted by Gasteiger charge is 2.22. The Labute approximate surface area is 134 Å². The maximum absolute atomic E-state index is 5.01. The first kappa shape index (κ1) is 16.8. The zero-order chi connectivity index (χ0) is 15.4. The van der Waals surface area contributed by atoms with E-state index in [2.05, 4.69) is 44.8 Å². The Morgan fingerprint density at radius 2 is 1.95 bits per heavy atom. The average Bonchev–Trinajstić information content (AvgIpc) is 2.89. The molecule has 2 heterocycles. The topological polar surface area (TPSA) is 28.2 Å². The summed E-state index contributed by atoms with van der Waals surface area (Å²) in [5.74, 6) is 1.43. The molecule has 1 aromatic rings. The first-order valence-electron chi connectivity index (χ1n) is 8.49. The molecule has 1 aliphatic rings. The van der Waals surface area contributed by atoms with Gasteiger partial charge in [-0.25, -0.2) is 4.98 Å². The Hall–Kier alpha value is -0.610. The zero-order valence-electron chi connectivity index (χ0n) is 14.3. The van der Waals surface area contributed by atoms with E-state index in [0.717, 1.165) is 18.9 Å². The lowest BCUT2D eigenvalue weighted by Crippen LogP contribution is -2.32. The van der Waals surface area contributed by atoms with Crippen LogP contribution in [0.2, 0.25) is 0 Å². The van der Waals surface area contributed by atoms with Gasteiger partial charge in [0.25, 0.3) is 0 Å². The monoisotopic (exact) mass is 309 g/mol. The molecule has 1 atom stereocenters. The van der Waals surface area contributed by atoms with Crippen molar-refractivity contribution < 1.29 is 0 Å². The van der Waals surface area contributed by atoms with Crippen molar-refractivity contribution in [2.45, 2.75) is 72.4 Å². The van der Waals surface area contributed by atoms with Crippen molar-refractivity contribution in [3.8, 4) is 0 Å². The Balaban J connectivity index is 2.14. The minimum Gasteiger partial charge on any atom is -0.348 e. The maximum atomic E-state index is 5.01. The normalized spacial score (nSPS) is 18.5. The highest BCUT2D eigenvalue weighted by Crippen LogP contribution is 2.34. The van der Waals surface area contributed by atoms with Gasteiger partial charge in [0.15, 0.2) is 5.13 Å². The number of piperidine rings is 1. The molecule has 120 valence electrons. The third kappa shape index (κ3) is 4.43. The molecule has 0 amide bonds. The maximum Gasteiger partial charge on any atom is 0.185 e. The van der Waals surface area contributed by atoms with Crippen LogP contribution >= 0.6 is 11.3 Å². The molecule has 21 heavy (non-hydrogen) atoms. The number of hydrogen-bond donors (Lipinski definition) is 1. The summed E-state index contributed by atoms with van der Waals surface area (Å²) >= 11 is 1.91. The third-order valence-corrected chi connectivity index (χ3v) is 5.65. The van der Waals surface area contributed by atoms with E-state index >= 15 is 0 Å². The van der Waals surface area contributed by atoms with Gasteiger partial charge in [-0.2, -0.15) is 0 Å². The molecule has 3 nitrogen and oxygen atoms in total. The van der Waals surface area contributed by atoms with Crippen molar-refractivity contribution in [3.63, 3.8) is 0 Å². The summed E-state index contributed by atoms with van der Waals surface area (Å²) in [4.78, 5) is 8.94. The van der Waals surface area contributed by atoms with E-state index in [1.165, 1.54) is 41.6 Å². The molecule has 0 aliphatic carbocycles. The number of thiazole rings is 1. The molecular formula is C17H31N3S. The van der Waals surface area contributed by atoms with Crippen molar-refractivity contribution in [2.75, 3.05) is 18.0 Å². The summed E-state index contributed by atoms with van der Waals surface area (Å²) < 4.78 is 0. The largest absolute Gasteiger partial charge is 0.348 e. The SMILES string of the molecule is CCC(C)c1nc(N2CCC(C)CC2)sc1CNC(C)C. The molecule has 1 aliphatic heterocycles. The molecule has 0 aromatic carbocycles. The lowest BCUT2D eigenvalue weighted by Gasteiger charge is -2.29. The highest BCUT2D eigenvalue weighted by atomic mass is 32.1. The van der Waals surface area contributed by atoms with E-state index in [0.29, 0.717) is 12.0 Å². The lowest BCUT2D eigenvalue weighted by atomic mass is 10.00. The minimum absolute atomic E-state index is 0.524. The van der Waals surface area contributed by atoms with Crippen LogP contribution in [0.5, 0.6) is 0 Å². The van der Waals surface area contributed by atoms with Crippen molar-refractivity contribution >= 4 is 16.5 Å². The van der Waals surface area contributed by atoms with E-state index in [-0.39, 0.29) is 0 Å². The molecule has 2 rings (SSSR count).